The number of carbonyl (C=O) groups is 6. The summed E-state index contributed by atoms with van der Waals surface area (Å²) in [4.78, 5) is 83.0. The molecule has 92 heavy (non-hydrogen) atoms. The average Bonchev–Trinajstić information content (AvgIpc) is 1.44. The number of hydrazone groups is 1. The zero-order valence-electron chi connectivity index (χ0n) is 52.1. The van der Waals surface area contributed by atoms with Gasteiger partial charge in [-0.15, -0.1) is 5.10 Å². The molecule has 2 aliphatic heterocycles. The van der Waals surface area contributed by atoms with E-state index in [1.165, 1.54) is 12.2 Å². The zero-order valence-corrected chi connectivity index (χ0v) is 55.2. The first-order valence-electron chi connectivity index (χ1n) is 30.7. The Bertz CT molecular complexity index is 3370. The number of pyridine rings is 1. The van der Waals surface area contributed by atoms with Crippen molar-refractivity contribution >= 4 is 89.6 Å². The van der Waals surface area contributed by atoms with Crippen LogP contribution >= 0.6 is 9.42 Å². The fourth-order valence-electron chi connectivity index (χ4n) is 9.89. The molecule has 496 valence electrons. The van der Waals surface area contributed by atoms with Gasteiger partial charge in [0.25, 0.3) is 11.8 Å². The van der Waals surface area contributed by atoms with Crippen LogP contribution in [0, 0.1) is 0 Å². The molecule has 0 atom stereocenters. The number of benzene rings is 4. The second-order valence-electron chi connectivity index (χ2n) is 21.3. The first-order chi connectivity index (χ1) is 44.9. The van der Waals surface area contributed by atoms with Gasteiger partial charge in [-0.1, -0.05) is 91.2 Å². The molecule has 4 aromatic carbocycles. The number of aromatic nitrogens is 4. The first-order valence-corrected chi connectivity index (χ1v) is 33.5. The maximum atomic E-state index is 14.0. The number of halogens is 1. The number of amidine groups is 1. The van der Waals surface area contributed by atoms with Crippen molar-refractivity contribution in [2.24, 2.45) is 5.10 Å². The van der Waals surface area contributed by atoms with Gasteiger partial charge in [0, 0.05) is 99.5 Å². The van der Waals surface area contributed by atoms with Crippen LogP contribution < -0.4 is 31.3 Å². The fraction of sp³-hybridized carbons (Fsp3) is 0.431. The molecule has 7 N–H and O–H groups in total. The van der Waals surface area contributed by atoms with Crippen molar-refractivity contribution in [3.8, 4) is 22.5 Å². The minimum atomic E-state index is -0.418. The molecular formula is C65H83ClN15O10Pt-. The Balaban J connectivity index is 0.00000183. The number of carbonyl (C=O) groups excluding carboxylic acids is 6. The number of H-pyrrole nitrogens is 1. The third kappa shape index (κ3) is 23.4. The maximum Gasteiger partial charge on any atom is -0.0916 e. The smallest absolute Gasteiger partial charge is 0.0916 e. The van der Waals surface area contributed by atoms with E-state index in [1.54, 1.807) is 23.7 Å². The molecular weight excluding hydrogens is 1380 g/mol. The Hall–Kier alpha value is -7.87. The number of aromatic amines is 1. The Labute approximate surface area is 552 Å². The summed E-state index contributed by atoms with van der Waals surface area (Å²) in [6, 6.07) is 31.8. The van der Waals surface area contributed by atoms with Crippen LogP contribution in [0.2, 0.25) is 0 Å². The van der Waals surface area contributed by atoms with Gasteiger partial charge in [0.15, 0.2) is 0 Å². The van der Waals surface area contributed by atoms with Crippen molar-refractivity contribution < 1.29 is 71.5 Å². The molecule has 0 saturated heterocycles. The Morgan fingerprint density at radius 3 is 1.91 bits per heavy atom. The Morgan fingerprint density at radius 1 is 0.663 bits per heavy atom. The summed E-state index contributed by atoms with van der Waals surface area (Å²) in [6.07, 6.45) is 5.69. The molecule has 0 fully saturated rings. The predicted molar refractivity (Wildman–Crippen MR) is 352 cm³/mol. The van der Waals surface area contributed by atoms with Crippen molar-refractivity contribution in [2.75, 3.05) is 116 Å². The molecule has 0 spiro atoms. The average molecular weight is 1470 g/mol. The van der Waals surface area contributed by atoms with E-state index in [1.807, 2.05) is 96.3 Å². The normalized spacial score (nSPS) is 12.4. The van der Waals surface area contributed by atoms with Gasteiger partial charge in [0.05, 0.1) is 87.2 Å². The number of imide groups is 1. The zero-order chi connectivity index (χ0) is 65.9. The first kappa shape index (κ1) is 73.2. The number of rotatable bonds is 36. The second-order valence-corrected chi connectivity index (χ2v) is 21.3. The van der Waals surface area contributed by atoms with E-state index in [4.69, 9.17) is 30.4 Å². The van der Waals surface area contributed by atoms with Gasteiger partial charge in [-0.2, -0.15) is 18.2 Å². The molecule has 0 radical (unpaired) electrons. The van der Waals surface area contributed by atoms with Gasteiger partial charge in [0.2, 0.25) is 34.7 Å². The molecule has 2 aliphatic rings. The van der Waals surface area contributed by atoms with Crippen molar-refractivity contribution in [1.82, 2.24) is 40.9 Å². The van der Waals surface area contributed by atoms with E-state index < -0.39 is 11.8 Å². The molecule has 0 bridgehead atoms. The van der Waals surface area contributed by atoms with Crippen LogP contribution in [0.25, 0.3) is 61.2 Å². The summed E-state index contributed by atoms with van der Waals surface area (Å²) in [5.41, 5.74) is 24.1. The van der Waals surface area contributed by atoms with Crippen LogP contribution in [0.15, 0.2) is 114 Å². The van der Waals surface area contributed by atoms with E-state index in [0.717, 1.165) is 66.9 Å². The number of ether oxygens (including phenoxy) is 4. The van der Waals surface area contributed by atoms with E-state index >= 15 is 0 Å². The predicted octanol–water partition coefficient (Wildman–Crippen LogP) is 7.60. The molecule has 27 heteroatoms. The number of nitrogens with one attached hydrogen (secondary N) is 7. The number of amides is 6. The van der Waals surface area contributed by atoms with Crippen molar-refractivity contribution in [2.45, 2.75) is 77.8 Å². The van der Waals surface area contributed by atoms with Crippen molar-refractivity contribution in [3.63, 3.8) is 0 Å². The van der Waals surface area contributed by atoms with Gasteiger partial charge in [-0.25, -0.2) is 15.1 Å². The van der Waals surface area contributed by atoms with Crippen LogP contribution in [0.5, 0.6) is 0 Å². The Morgan fingerprint density at radius 2 is 1.25 bits per heavy atom. The van der Waals surface area contributed by atoms with E-state index in [2.05, 4.69) is 75.5 Å². The molecule has 2 aromatic heterocycles. The summed E-state index contributed by atoms with van der Waals surface area (Å²) in [6.45, 7) is 7.50. The monoisotopic (exact) mass is 1460 g/mol. The molecule has 8 rings (SSSR count). The van der Waals surface area contributed by atoms with Crippen LogP contribution in [0.4, 0.5) is 11.4 Å². The quantitative estimate of drug-likeness (QED) is 0.00735. The van der Waals surface area contributed by atoms with Gasteiger partial charge in [0.1, 0.15) is 5.69 Å². The van der Waals surface area contributed by atoms with Gasteiger partial charge >= 0.3 is 28.2 Å². The molecule has 25 nitrogen and oxygen atoms in total. The number of hydrogen-bond acceptors (Lipinski definition) is 14. The molecule has 0 saturated carbocycles. The third-order valence-corrected chi connectivity index (χ3v) is 14.7. The largest absolute Gasteiger partial charge is 0.677 e. The molecule has 0 unspecified atom stereocenters. The van der Waals surface area contributed by atoms with Crippen molar-refractivity contribution in [1.29, 1.82) is 0 Å². The number of nitrogens with zero attached hydrogens (tertiary/aromatic N) is 8. The van der Waals surface area contributed by atoms with E-state index in [9.17, 15) is 34.2 Å². The number of likely N-dealkylation sites (N-methyl/N-ethyl adjacent to an activating group) is 1. The van der Waals surface area contributed by atoms with E-state index in [-0.39, 0.29) is 88.7 Å². The van der Waals surface area contributed by atoms with E-state index in [0.29, 0.717) is 115 Å². The molecule has 0 aliphatic carbocycles. The third-order valence-electron chi connectivity index (χ3n) is 14.7. The SMILES string of the molecule is C/C(CCCC(=[N-])N(C)CCNc1c2ccccc2[nH+]c2ccccc12)=N/NC(=O)CCCn1nnc2c1-c1ccccc1CN(C(=O)CCNC(=O)CCOCCOCCOCCOCCNC(=O)CCN1C(=O)C=CC1=O)c1ccccc1-2.[Cl][Pt+].[NH-]CCC[NH-]. The Kier molecular flexibility index (Phi) is 32.5. The minimum absolute atomic E-state index is 0.0199. The van der Waals surface area contributed by atoms with Gasteiger partial charge in [-0.05, 0) is 62.9 Å². The molecule has 6 aromatic rings. The number of anilines is 2. The standard InChI is InChI=1S/C62H74N13O10.C3H8N2.ClH.Pt/c1-44(13-11-22-53(63)72(2)34-30-66-60-47-16-5-8-19-50(47)67-51-20-9-6-17-48(51)60)68-69-56(78)23-12-32-75-62-46-15-4-3-14-45(46)43-74(52-21-10-7-18-49(52)61(62)70-71-75)59(81)26-29-64-55(77)28-35-82-37-39-84-41-42-85-40-38-83-36-31-65-54(76)27-33-73-57(79)24-25-58(73)80;4-2-1-3-5;;/h3-10,14-21,24-25H,11-13,22-23,26-43H2,1-2H3,(H,64,77)(H,65,76)(H,66,67)(H,69,78);4-5H,1-3H2;1H;/q-1;-2;;+2/b68-44-;;;. The number of aryl methyl sites for hydroxylation is 1. The van der Waals surface area contributed by atoms with Gasteiger partial charge in [-0.3, -0.25) is 33.7 Å². The van der Waals surface area contributed by atoms with Crippen molar-refractivity contribution in [3.05, 3.63) is 132 Å². The summed E-state index contributed by atoms with van der Waals surface area (Å²) < 4.78 is 23.9. The maximum absolute atomic E-state index is 14.0. The summed E-state index contributed by atoms with van der Waals surface area (Å²) in [5, 5.41) is 35.8. The number of fused-ring (bicyclic) bond motifs is 7. The minimum Gasteiger partial charge on any atom is -0.677 e. The second kappa shape index (κ2) is 40.9. The molecule has 6 amide bonds. The van der Waals surface area contributed by atoms with Crippen LogP contribution in [-0.2, 0) is 79.6 Å². The fourth-order valence-corrected chi connectivity index (χ4v) is 9.89. The summed E-state index contributed by atoms with van der Waals surface area (Å²) in [5.74, 6) is -1.47. The molecule has 4 heterocycles. The van der Waals surface area contributed by atoms with Crippen LogP contribution in [-0.4, -0.2) is 178 Å². The number of hydrogen-bond donors (Lipinski definition) is 4. The number of para-hydroxylation sites is 3. The summed E-state index contributed by atoms with van der Waals surface area (Å²) >= 11 is 1.61. The van der Waals surface area contributed by atoms with Gasteiger partial charge < -0.3 is 61.6 Å². The van der Waals surface area contributed by atoms with Crippen LogP contribution in [0.1, 0.15) is 70.3 Å². The van der Waals surface area contributed by atoms with Crippen LogP contribution in [0.3, 0.4) is 0 Å². The summed E-state index contributed by atoms with van der Waals surface area (Å²) in [7, 11) is 6.49. The topological polar surface area (TPSA) is 324 Å².